The predicted molar refractivity (Wildman–Crippen MR) is 71.7 cm³/mol. The third kappa shape index (κ3) is 4.86. The third-order valence-electron chi connectivity index (χ3n) is 3.83. The van der Waals surface area contributed by atoms with Crippen molar-refractivity contribution in [2.45, 2.75) is 58.4 Å². The summed E-state index contributed by atoms with van der Waals surface area (Å²) in [5.74, 6) is 0. The van der Waals surface area contributed by atoms with Crippen LogP contribution >= 0.6 is 15.9 Å². The topological polar surface area (TPSA) is 3.24 Å². The van der Waals surface area contributed by atoms with Gasteiger partial charge in [-0.15, -0.1) is 0 Å². The van der Waals surface area contributed by atoms with Gasteiger partial charge in [0.1, 0.15) is 0 Å². The molecule has 0 heterocycles. The van der Waals surface area contributed by atoms with Gasteiger partial charge in [-0.2, -0.15) is 0 Å². The molecule has 90 valence electrons. The van der Waals surface area contributed by atoms with Gasteiger partial charge in [-0.3, -0.25) is 0 Å². The zero-order valence-corrected chi connectivity index (χ0v) is 12.1. The predicted octanol–water partition coefficient (Wildman–Crippen LogP) is 4.06. The highest BCUT2D eigenvalue weighted by molar-refractivity contribution is 9.09. The smallest absolute Gasteiger partial charge is 0.00926 e. The van der Waals surface area contributed by atoms with Gasteiger partial charge in [-0.25, -0.2) is 0 Å². The molecule has 0 bridgehead atoms. The zero-order valence-electron chi connectivity index (χ0n) is 10.6. The van der Waals surface area contributed by atoms with E-state index in [1.165, 1.54) is 45.1 Å². The van der Waals surface area contributed by atoms with E-state index in [0.717, 1.165) is 11.4 Å². The fourth-order valence-electron chi connectivity index (χ4n) is 2.46. The van der Waals surface area contributed by atoms with Crippen LogP contribution in [0.1, 0.15) is 52.4 Å². The van der Waals surface area contributed by atoms with Crippen LogP contribution in [0.4, 0.5) is 0 Å². The van der Waals surface area contributed by atoms with Crippen LogP contribution < -0.4 is 0 Å². The molecule has 0 aromatic carbocycles. The number of alkyl halides is 1. The Morgan fingerprint density at radius 2 is 1.80 bits per heavy atom. The molecule has 0 aromatic rings. The minimum absolute atomic E-state index is 0.604. The van der Waals surface area contributed by atoms with Gasteiger partial charge in [0.15, 0.2) is 0 Å². The van der Waals surface area contributed by atoms with Crippen molar-refractivity contribution < 1.29 is 0 Å². The molecule has 2 heteroatoms. The molecule has 1 aliphatic carbocycles. The Balaban J connectivity index is 2.21. The van der Waals surface area contributed by atoms with Crippen LogP contribution in [0.25, 0.3) is 0 Å². The first-order valence-corrected chi connectivity index (χ1v) is 7.43. The van der Waals surface area contributed by atoms with Crippen LogP contribution in [0.15, 0.2) is 0 Å². The Labute approximate surface area is 104 Å². The molecule has 1 nitrogen and oxygen atoms in total. The Kier molecular flexibility index (Phi) is 5.62. The summed E-state index contributed by atoms with van der Waals surface area (Å²) in [5.41, 5.74) is 0.604. The molecule has 0 unspecified atom stereocenters. The second-order valence-corrected chi connectivity index (χ2v) is 6.57. The molecule has 0 spiro atoms. The normalized spacial score (nSPS) is 22.2. The van der Waals surface area contributed by atoms with E-state index in [-0.39, 0.29) is 0 Å². The Morgan fingerprint density at radius 3 is 2.33 bits per heavy atom. The first kappa shape index (κ1) is 13.5. The lowest BCUT2D eigenvalue weighted by Crippen LogP contribution is -2.37. The molecule has 0 aromatic heterocycles. The summed E-state index contributed by atoms with van der Waals surface area (Å²) >= 11 is 3.49. The van der Waals surface area contributed by atoms with Gasteiger partial charge in [0.2, 0.25) is 0 Å². The lowest BCUT2D eigenvalue weighted by atomic mass is 9.75. The molecular formula is C13H26BrN. The van der Waals surface area contributed by atoms with E-state index in [2.05, 4.69) is 41.7 Å². The average Bonchev–Trinajstić information content (AvgIpc) is 2.18. The minimum atomic E-state index is 0.604. The molecule has 0 atom stereocenters. The highest BCUT2D eigenvalue weighted by atomic mass is 79.9. The highest BCUT2D eigenvalue weighted by Gasteiger charge is 2.28. The summed E-state index contributed by atoms with van der Waals surface area (Å²) in [6.07, 6.45) is 8.25. The maximum atomic E-state index is 3.49. The van der Waals surface area contributed by atoms with Crippen LogP contribution in [0.2, 0.25) is 0 Å². The fourth-order valence-corrected chi connectivity index (χ4v) is 2.86. The van der Waals surface area contributed by atoms with Gasteiger partial charge >= 0.3 is 0 Å². The van der Waals surface area contributed by atoms with Crippen molar-refractivity contribution in [1.82, 2.24) is 4.90 Å². The van der Waals surface area contributed by atoms with Crippen LogP contribution in [0.5, 0.6) is 0 Å². The SMILES string of the molecule is CN(CCCCBr)C1CCC(C)(C)CC1. The van der Waals surface area contributed by atoms with Crippen molar-refractivity contribution in [2.75, 3.05) is 18.9 Å². The molecule has 0 N–H and O–H groups in total. The highest BCUT2D eigenvalue weighted by Crippen LogP contribution is 2.36. The van der Waals surface area contributed by atoms with Crippen molar-refractivity contribution in [1.29, 1.82) is 0 Å². The third-order valence-corrected chi connectivity index (χ3v) is 4.39. The maximum Gasteiger partial charge on any atom is 0.00926 e. The van der Waals surface area contributed by atoms with Gasteiger partial charge in [-0.05, 0) is 57.5 Å². The van der Waals surface area contributed by atoms with Gasteiger partial charge in [0.05, 0.1) is 0 Å². The zero-order chi connectivity index (χ0) is 11.3. The summed E-state index contributed by atoms with van der Waals surface area (Å²) in [4.78, 5) is 2.58. The minimum Gasteiger partial charge on any atom is -0.303 e. The van der Waals surface area contributed by atoms with Crippen molar-refractivity contribution in [2.24, 2.45) is 5.41 Å². The van der Waals surface area contributed by atoms with Crippen molar-refractivity contribution >= 4 is 15.9 Å². The quantitative estimate of drug-likeness (QED) is 0.540. The van der Waals surface area contributed by atoms with E-state index in [9.17, 15) is 0 Å². The first-order chi connectivity index (χ1) is 7.05. The lowest BCUT2D eigenvalue weighted by molar-refractivity contribution is 0.127. The Hall–Kier alpha value is 0.440. The van der Waals surface area contributed by atoms with Crippen molar-refractivity contribution in [3.05, 3.63) is 0 Å². The number of nitrogens with zero attached hydrogens (tertiary/aromatic N) is 1. The molecule has 0 amide bonds. The fraction of sp³-hybridized carbons (Fsp3) is 1.00. The largest absolute Gasteiger partial charge is 0.303 e. The van der Waals surface area contributed by atoms with Crippen LogP contribution in [-0.2, 0) is 0 Å². The lowest BCUT2D eigenvalue weighted by Gasteiger charge is -2.38. The molecule has 1 rings (SSSR count). The molecule has 1 aliphatic rings. The van der Waals surface area contributed by atoms with E-state index in [1.807, 2.05) is 0 Å². The number of hydrogen-bond donors (Lipinski definition) is 0. The van der Waals surface area contributed by atoms with E-state index >= 15 is 0 Å². The molecular weight excluding hydrogens is 250 g/mol. The molecule has 1 fully saturated rings. The summed E-state index contributed by atoms with van der Waals surface area (Å²) in [7, 11) is 2.30. The second kappa shape index (κ2) is 6.24. The summed E-state index contributed by atoms with van der Waals surface area (Å²) < 4.78 is 0. The molecule has 15 heavy (non-hydrogen) atoms. The van der Waals surface area contributed by atoms with Crippen LogP contribution in [0.3, 0.4) is 0 Å². The Morgan fingerprint density at radius 1 is 1.20 bits per heavy atom. The Bertz CT molecular complexity index is 169. The average molecular weight is 276 g/mol. The van der Waals surface area contributed by atoms with Gasteiger partial charge in [0, 0.05) is 11.4 Å². The van der Waals surface area contributed by atoms with Crippen molar-refractivity contribution in [3.8, 4) is 0 Å². The molecule has 1 saturated carbocycles. The summed E-state index contributed by atoms with van der Waals surface area (Å²) in [5, 5.41) is 1.15. The van der Waals surface area contributed by atoms with Gasteiger partial charge < -0.3 is 4.90 Å². The standard InChI is InChI=1S/C13H26BrN/c1-13(2)8-6-12(7-9-13)15(3)11-5-4-10-14/h12H,4-11H2,1-3H3. The van der Waals surface area contributed by atoms with E-state index < -0.39 is 0 Å². The van der Waals surface area contributed by atoms with E-state index in [1.54, 1.807) is 0 Å². The molecule has 0 saturated heterocycles. The second-order valence-electron chi connectivity index (χ2n) is 5.77. The number of hydrogen-bond acceptors (Lipinski definition) is 1. The first-order valence-electron chi connectivity index (χ1n) is 6.31. The van der Waals surface area contributed by atoms with Gasteiger partial charge in [0.25, 0.3) is 0 Å². The van der Waals surface area contributed by atoms with Gasteiger partial charge in [-0.1, -0.05) is 29.8 Å². The molecule has 0 aliphatic heterocycles. The van der Waals surface area contributed by atoms with Crippen LogP contribution in [-0.4, -0.2) is 29.9 Å². The number of unbranched alkanes of at least 4 members (excludes halogenated alkanes) is 1. The monoisotopic (exact) mass is 275 g/mol. The summed E-state index contributed by atoms with van der Waals surface area (Å²) in [6, 6.07) is 0.855. The number of rotatable bonds is 5. The summed E-state index contributed by atoms with van der Waals surface area (Å²) in [6.45, 7) is 6.10. The van der Waals surface area contributed by atoms with Crippen LogP contribution in [0, 0.1) is 5.41 Å². The number of halogens is 1. The maximum absolute atomic E-state index is 3.49. The molecule has 0 radical (unpaired) electrons. The van der Waals surface area contributed by atoms with Crippen molar-refractivity contribution in [3.63, 3.8) is 0 Å². The van der Waals surface area contributed by atoms with E-state index in [0.29, 0.717) is 5.41 Å². The van der Waals surface area contributed by atoms with E-state index in [4.69, 9.17) is 0 Å².